The Balaban J connectivity index is 2.83. The molecule has 0 bridgehead atoms. The molecule has 0 amide bonds. The lowest BCUT2D eigenvalue weighted by Crippen LogP contribution is -2.02. The quantitative estimate of drug-likeness (QED) is 0.181. The Morgan fingerprint density at radius 2 is 2.57 bits per heavy atom. The summed E-state index contributed by atoms with van der Waals surface area (Å²) in [6, 6.07) is 0. The molecule has 5 nitrogen and oxygen atoms in total. The van der Waals surface area contributed by atoms with Gasteiger partial charge < -0.3 is 4.84 Å². The number of hydrogen-bond donors (Lipinski definition) is 1. The highest BCUT2D eigenvalue weighted by Crippen LogP contribution is 1.67. The molecule has 0 radical (unpaired) electrons. The first-order valence-electron chi connectivity index (χ1n) is 1.74. The van der Waals surface area contributed by atoms with Crippen LogP contribution >= 0.6 is 0 Å². The van der Waals surface area contributed by atoms with Crippen LogP contribution in [-0.4, -0.2) is 13.2 Å². The van der Waals surface area contributed by atoms with E-state index in [1.165, 1.54) is 0 Å². The zero-order valence-electron chi connectivity index (χ0n) is 3.74. The predicted molar refractivity (Wildman–Crippen MR) is 24.2 cm³/mol. The van der Waals surface area contributed by atoms with E-state index in [1.807, 2.05) is 0 Å². The molecular weight excluding hydrogens is 96.0 g/mol. The number of rotatable bonds is 3. The summed E-state index contributed by atoms with van der Waals surface area (Å²) < 4.78 is 0. The maximum atomic E-state index is 7.65. The first-order valence-corrected chi connectivity index (χ1v) is 1.74. The highest BCUT2D eigenvalue weighted by atomic mass is 16.6. The number of azide groups is 1. The summed E-state index contributed by atoms with van der Waals surface area (Å²) in [6.45, 7) is 0.580. The average Bonchev–Trinajstić information content (AvgIpc) is 1.69. The molecule has 0 aromatic rings. The van der Waals surface area contributed by atoms with Crippen molar-refractivity contribution in [1.29, 1.82) is 0 Å². The Kier molecular flexibility index (Phi) is 4.65. The average molecular weight is 102 g/mol. The van der Waals surface area contributed by atoms with Gasteiger partial charge in [0, 0.05) is 4.91 Å². The molecule has 0 aliphatic carbocycles. The highest BCUT2D eigenvalue weighted by Gasteiger charge is 1.73. The summed E-state index contributed by atoms with van der Waals surface area (Å²) in [5, 5.41) is 3.14. The third kappa shape index (κ3) is 5.23. The Hall–Kier alpha value is -0.770. The summed E-state index contributed by atoms with van der Waals surface area (Å²) >= 11 is 0. The predicted octanol–water partition coefficient (Wildman–Crippen LogP) is 0.187. The van der Waals surface area contributed by atoms with Crippen molar-refractivity contribution in [3.8, 4) is 0 Å². The Morgan fingerprint density at radius 3 is 3.00 bits per heavy atom. The number of nitrogens with zero attached hydrogens (tertiary/aromatic N) is 3. The van der Waals surface area contributed by atoms with E-state index in [9.17, 15) is 0 Å². The van der Waals surface area contributed by atoms with Gasteiger partial charge in [0.25, 0.3) is 0 Å². The minimum absolute atomic E-state index is 0.282. The van der Waals surface area contributed by atoms with Crippen molar-refractivity contribution < 1.29 is 4.84 Å². The van der Waals surface area contributed by atoms with Crippen LogP contribution in [0.15, 0.2) is 5.11 Å². The molecule has 40 valence electrons. The van der Waals surface area contributed by atoms with Crippen LogP contribution in [0, 0.1) is 0 Å². The molecule has 0 heterocycles. The lowest BCUT2D eigenvalue weighted by atomic mass is 10.7. The number of hydrogen-bond acceptors (Lipinski definition) is 3. The fraction of sp³-hybridized carbons (Fsp3) is 1.00. The third-order valence-electron chi connectivity index (χ3n) is 0.372. The van der Waals surface area contributed by atoms with E-state index in [1.54, 1.807) is 0 Å². The molecule has 0 aliphatic rings. The maximum absolute atomic E-state index is 7.65. The van der Waals surface area contributed by atoms with Crippen molar-refractivity contribution in [1.82, 2.24) is 0 Å². The van der Waals surface area contributed by atoms with Crippen LogP contribution in [0.5, 0.6) is 0 Å². The van der Waals surface area contributed by atoms with E-state index in [2.05, 4.69) is 20.8 Å². The van der Waals surface area contributed by atoms with Crippen LogP contribution in [0.2, 0.25) is 0 Å². The molecule has 0 aliphatic heterocycles. The smallest absolute Gasteiger partial charge is 0.0735 e. The minimum Gasteiger partial charge on any atom is -0.304 e. The summed E-state index contributed by atoms with van der Waals surface area (Å²) in [5.41, 5.74) is 7.65. The summed E-state index contributed by atoms with van der Waals surface area (Å²) in [7, 11) is 0. The monoisotopic (exact) mass is 102 g/mol. The fourth-order valence-corrected chi connectivity index (χ4v) is 0.138. The second-order valence-corrected chi connectivity index (χ2v) is 0.825. The van der Waals surface area contributed by atoms with Gasteiger partial charge in [-0.25, -0.2) is 5.90 Å². The molecule has 0 rings (SSSR count). The van der Waals surface area contributed by atoms with Crippen LogP contribution in [0.4, 0.5) is 0 Å². The molecule has 0 spiro atoms. The van der Waals surface area contributed by atoms with Crippen molar-refractivity contribution in [3.05, 3.63) is 10.4 Å². The van der Waals surface area contributed by atoms with Gasteiger partial charge in [-0.05, 0) is 5.53 Å². The highest BCUT2D eigenvalue weighted by molar-refractivity contribution is 4.41. The Bertz CT molecular complexity index is 75.8. The van der Waals surface area contributed by atoms with Gasteiger partial charge in [-0.1, -0.05) is 5.11 Å². The fourth-order valence-electron chi connectivity index (χ4n) is 0.138. The second kappa shape index (κ2) is 5.23. The zero-order valence-corrected chi connectivity index (χ0v) is 3.74. The van der Waals surface area contributed by atoms with Crippen LogP contribution in [0.1, 0.15) is 0 Å². The first-order chi connectivity index (χ1) is 3.41. The molecule has 0 saturated heterocycles. The number of nitrogens with two attached hydrogens (primary N) is 1. The standard InChI is InChI=1S/C2H6N4O/c3-6-5-1-2-7-4/h1-2,4H2. The van der Waals surface area contributed by atoms with Crippen LogP contribution < -0.4 is 5.90 Å². The van der Waals surface area contributed by atoms with E-state index >= 15 is 0 Å². The normalized spacial score (nSPS) is 7.57. The second-order valence-electron chi connectivity index (χ2n) is 0.825. The zero-order chi connectivity index (χ0) is 5.54. The van der Waals surface area contributed by atoms with Crippen LogP contribution in [0.3, 0.4) is 0 Å². The lowest BCUT2D eigenvalue weighted by molar-refractivity contribution is 0.146. The molecule has 0 aromatic heterocycles. The van der Waals surface area contributed by atoms with E-state index in [0.29, 0.717) is 6.54 Å². The Labute approximate surface area is 40.6 Å². The Morgan fingerprint density at radius 1 is 1.86 bits per heavy atom. The van der Waals surface area contributed by atoms with E-state index < -0.39 is 0 Å². The molecule has 7 heavy (non-hydrogen) atoms. The molecule has 0 unspecified atom stereocenters. The van der Waals surface area contributed by atoms with Crippen LogP contribution in [0.25, 0.3) is 10.4 Å². The van der Waals surface area contributed by atoms with Gasteiger partial charge in [-0.15, -0.1) is 0 Å². The molecule has 0 atom stereocenters. The third-order valence-corrected chi connectivity index (χ3v) is 0.372. The summed E-state index contributed by atoms with van der Waals surface area (Å²) in [5.74, 6) is 4.59. The molecular formula is C2H6N4O. The van der Waals surface area contributed by atoms with Gasteiger partial charge in [0.1, 0.15) is 0 Å². The SMILES string of the molecule is [N-]=[N+]=NCCON. The van der Waals surface area contributed by atoms with Gasteiger partial charge in [0.15, 0.2) is 0 Å². The molecule has 0 aromatic carbocycles. The van der Waals surface area contributed by atoms with Gasteiger partial charge in [-0.2, -0.15) is 0 Å². The lowest BCUT2D eigenvalue weighted by Gasteiger charge is -1.84. The van der Waals surface area contributed by atoms with Crippen molar-refractivity contribution in [3.63, 3.8) is 0 Å². The summed E-state index contributed by atoms with van der Waals surface area (Å²) in [4.78, 5) is 6.54. The van der Waals surface area contributed by atoms with Crippen molar-refractivity contribution in [2.45, 2.75) is 0 Å². The van der Waals surface area contributed by atoms with Crippen LogP contribution in [-0.2, 0) is 4.84 Å². The van der Waals surface area contributed by atoms with E-state index in [-0.39, 0.29) is 6.61 Å². The van der Waals surface area contributed by atoms with Crippen molar-refractivity contribution in [2.24, 2.45) is 11.0 Å². The summed E-state index contributed by atoms with van der Waals surface area (Å²) in [6.07, 6.45) is 0. The minimum atomic E-state index is 0.282. The van der Waals surface area contributed by atoms with Gasteiger partial charge in [0.2, 0.25) is 0 Å². The van der Waals surface area contributed by atoms with Crippen molar-refractivity contribution >= 4 is 0 Å². The topological polar surface area (TPSA) is 84.0 Å². The van der Waals surface area contributed by atoms with Crippen molar-refractivity contribution in [2.75, 3.05) is 13.2 Å². The molecule has 5 heteroatoms. The molecule has 2 N–H and O–H groups in total. The molecule has 0 fully saturated rings. The van der Waals surface area contributed by atoms with Gasteiger partial charge >= 0.3 is 0 Å². The van der Waals surface area contributed by atoms with E-state index in [0.717, 1.165) is 0 Å². The first kappa shape index (κ1) is 6.23. The van der Waals surface area contributed by atoms with E-state index in [4.69, 9.17) is 5.53 Å². The van der Waals surface area contributed by atoms with Gasteiger partial charge in [-0.3, -0.25) is 0 Å². The largest absolute Gasteiger partial charge is 0.304 e. The maximum Gasteiger partial charge on any atom is 0.0735 e. The van der Waals surface area contributed by atoms with Gasteiger partial charge in [0.05, 0.1) is 13.2 Å². The molecule has 0 saturated carbocycles.